The average Bonchev–Trinajstić information content (AvgIpc) is 3.11. The standard InChI is InChI=1S/C14H10BrFN8O3/c15-8-5-7(1-2-9(8)16)19-12(22-26)11-13(24-27-23-11)21-14(25)20-10-3-4-17-6-18-10/h1-6,26H,(H,19,22)(H2,17,18,20,21,24,25). The summed E-state index contributed by atoms with van der Waals surface area (Å²) in [6.45, 7) is 0. The number of amides is 2. The van der Waals surface area contributed by atoms with Crippen molar-refractivity contribution in [2.75, 3.05) is 10.6 Å². The summed E-state index contributed by atoms with van der Waals surface area (Å²) in [5, 5.41) is 21.3. The lowest BCUT2D eigenvalue weighted by Crippen LogP contribution is -2.25. The molecule has 1 aromatic carbocycles. The monoisotopic (exact) mass is 436 g/mol. The van der Waals surface area contributed by atoms with Gasteiger partial charge in [-0.05, 0) is 50.5 Å². The number of benzene rings is 1. The lowest BCUT2D eigenvalue weighted by molar-refractivity contribution is 0.234. The Balaban J connectivity index is 1.80. The van der Waals surface area contributed by atoms with E-state index in [1.165, 1.54) is 36.8 Å². The summed E-state index contributed by atoms with van der Waals surface area (Å²) in [5.41, 5.74) is 2.04. The first kappa shape index (κ1) is 18.3. The van der Waals surface area contributed by atoms with E-state index in [0.717, 1.165) is 0 Å². The molecule has 3 rings (SSSR count). The van der Waals surface area contributed by atoms with Crippen LogP contribution in [0.1, 0.15) is 5.69 Å². The molecule has 27 heavy (non-hydrogen) atoms. The van der Waals surface area contributed by atoms with E-state index >= 15 is 0 Å². The molecule has 2 heterocycles. The molecular weight excluding hydrogens is 427 g/mol. The van der Waals surface area contributed by atoms with Gasteiger partial charge in [0.25, 0.3) is 0 Å². The summed E-state index contributed by atoms with van der Waals surface area (Å²) in [7, 11) is 0. The number of carbonyl (C=O) groups excluding carboxylic acids is 1. The number of aliphatic imine (C=N–C) groups is 1. The van der Waals surface area contributed by atoms with Gasteiger partial charge >= 0.3 is 6.03 Å². The van der Waals surface area contributed by atoms with Crippen LogP contribution >= 0.6 is 15.9 Å². The molecule has 0 spiro atoms. The molecule has 0 saturated carbocycles. The van der Waals surface area contributed by atoms with Crippen LogP contribution in [0.5, 0.6) is 0 Å². The van der Waals surface area contributed by atoms with Crippen LogP contribution in [0, 0.1) is 5.82 Å². The Morgan fingerprint density at radius 3 is 2.81 bits per heavy atom. The fourth-order valence-corrected chi connectivity index (χ4v) is 2.23. The molecule has 0 aliphatic heterocycles. The predicted molar refractivity (Wildman–Crippen MR) is 94.2 cm³/mol. The Hall–Kier alpha value is -3.45. The van der Waals surface area contributed by atoms with Crippen molar-refractivity contribution < 1.29 is 19.0 Å². The highest BCUT2D eigenvalue weighted by atomic mass is 79.9. The minimum absolute atomic E-state index is 0.0872. The SMILES string of the molecule is O=C(Nc1ccncn1)Nc1nonc1C(=Nc1ccc(F)c(Br)c1)NO. The first-order chi connectivity index (χ1) is 13.1. The predicted octanol–water partition coefficient (Wildman–Crippen LogP) is 2.46. The van der Waals surface area contributed by atoms with E-state index in [9.17, 15) is 14.4 Å². The second kappa shape index (κ2) is 8.29. The van der Waals surface area contributed by atoms with Crippen LogP contribution in [-0.2, 0) is 0 Å². The molecule has 0 aliphatic rings. The highest BCUT2D eigenvalue weighted by Crippen LogP contribution is 2.23. The Kier molecular flexibility index (Phi) is 5.63. The summed E-state index contributed by atoms with van der Waals surface area (Å²) in [4.78, 5) is 23.7. The zero-order valence-electron chi connectivity index (χ0n) is 13.2. The van der Waals surface area contributed by atoms with Crippen LogP contribution in [0.2, 0.25) is 0 Å². The van der Waals surface area contributed by atoms with E-state index in [2.05, 4.69) is 56.5 Å². The number of nitrogens with one attached hydrogen (secondary N) is 3. The molecule has 0 aliphatic carbocycles. The van der Waals surface area contributed by atoms with Crippen LogP contribution in [0.25, 0.3) is 0 Å². The smallest absolute Gasteiger partial charge is 0.292 e. The van der Waals surface area contributed by atoms with Gasteiger partial charge in [0.2, 0.25) is 5.82 Å². The highest BCUT2D eigenvalue weighted by molar-refractivity contribution is 9.10. The average molecular weight is 437 g/mol. The second-order valence-corrected chi connectivity index (χ2v) is 5.66. The molecule has 0 bridgehead atoms. The van der Waals surface area contributed by atoms with Gasteiger partial charge in [-0.15, -0.1) is 0 Å². The molecule has 138 valence electrons. The molecule has 11 nitrogen and oxygen atoms in total. The van der Waals surface area contributed by atoms with E-state index in [1.54, 1.807) is 0 Å². The minimum atomic E-state index is -0.688. The normalized spacial score (nSPS) is 11.1. The van der Waals surface area contributed by atoms with Crippen LogP contribution in [-0.4, -0.2) is 37.4 Å². The minimum Gasteiger partial charge on any atom is -0.292 e. The fraction of sp³-hybridized carbons (Fsp3) is 0. The number of hydrogen-bond donors (Lipinski definition) is 4. The van der Waals surface area contributed by atoms with E-state index in [4.69, 9.17) is 0 Å². The highest BCUT2D eigenvalue weighted by Gasteiger charge is 2.19. The first-order valence-electron chi connectivity index (χ1n) is 7.17. The second-order valence-electron chi connectivity index (χ2n) is 4.81. The number of halogens is 2. The quantitative estimate of drug-likeness (QED) is 0.276. The van der Waals surface area contributed by atoms with E-state index in [0.29, 0.717) is 5.69 Å². The van der Waals surface area contributed by atoms with Gasteiger partial charge in [0.15, 0.2) is 11.5 Å². The van der Waals surface area contributed by atoms with Gasteiger partial charge in [-0.3, -0.25) is 21.3 Å². The molecule has 0 radical (unpaired) electrons. The van der Waals surface area contributed by atoms with Gasteiger partial charge in [0.1, 0.15) is 18.0 Å². The molecule has 2 amide bonds. The number of aromatic nitrogens is 4. The molecule has 3 aromatic rings. The van der Waals surface area contributed by atoms with Gasteiger partial charge in [0, 0.05) is 6.20 Å². The molecule has 13 heteroatoms. The zero-order chi connectivity index (χ0) is 19.2. The number of hydroxylamine groups is 1. The maximum atomic E-state index is 13.3. The summed E-state index contributed by atoms with van der Waals surface area (Å²) in [6.07, 6.45) is 2.72. The third-order valence-electron chi connectivity index (χ3n) is 3.02. The molecule has 0 fully saturated rings. The number of amidine groups is 1. The molecule has 0 unspecified atom stereocenters. The number of rotatable bonds is 4. The summed E-state index contributed by atoms with van der Waals surface area (Å²) < 4.78 is 18.1. The molecular formula is C14H10BrFN8O3. The largest absolute Gasteiger partial charge is 0.326 e. The van der Waals surface area contributed by atoms with E-state index in [-0.39, 0.29) is 27.6 Å². The molecule has 4 N–H and O–H groups in total. The van der Waals surface area contributed by atoms with Crippen molar-refractivity contribution in [3.8, 4) is 0 Å². The van der Waals surface area contributed by atoms with Gasteiger partial charge in [0.05, 0.1) is 10.2 Å². The third kappa shape index (κ3) is 4.59. The van der Waals surface area contributed by atoms with E-state index in [1.807, 2.05) is 5.48 Å². The number of nitrogens with zero attached hydrogens (tertiary/aromatic N) is 5. The third-order valence-corrected chi connectivity index (χ3v) is 3.63. The first-order valence-corrected chi connectivity index (χ1v) is 7.97. The van der Waals surface area contributed by atoms with Gasteiger partial charge in [-0.25, -0.2) is 28.8 Å². The fourth-order valence-electron chi connectivity index (χ4n) is 1.86. The van der Waals surface area contributed by atoms with Crippen molar-refractivity contribution in [2.24, 2.45) is 4.99 Å². The van der Waals surface area contributed by atoms with Gasteiger partial charge < -0.3 is 0 Å². The van der Waals surface area contributed by atoms with Gasteiger partial charge in [-0.1, -0.05) is 0 Å². The molecule has 2 aromatic heterocycles. The number of hydrogen-bond acceptors (Lipinski definition) is 8. The van der Waals surface area contributed by atoms with Crippen molar-refractivity contribution in [2.45, 2.75) is 0 Å². The van der Waals surface area contributed by atoms with Crippen molar-refractivity contribution >= 4 is 45.1 Å². The lowest BCUT2D eigenvalue weighted by atomic mass is 10.3. The topological polar surface area (TPSA) is 150 Å². The Morgan fingerprint density at radius 2 is 2.11 bits per heavy atom. The summed E-state index contributed by atoms with van der Waals surface area (Å²) in [5.74, 6) is -0.528. The van der Waals surface area contributed by atoms with Crippen molar-refractivity contribution in [3.63, 3.8) is 0 Å². The van der Waals surface area contributed by atoms with Crippen molar-refractivity contribution in [1.29, 1.82) is 0 Å². The van der Waals surface area contributed by atoms with E-state index < -0.39 is 11.8 Å². The number of anilines is 2. The van der Waals surface area contributed by atoms with Gasteiger partial charge in [-0.2, -0.15) is 0 Å². The molecule has 0 atom stereocenters. The zero-order valence-corrected chi connectivity index (χ0v) is 14.8. The van der Waals surface area contributed by atoms with Crippen molar-refractivity contribution in [1.82, 2.24) is 25.8 Å². The molecule has 0 saturated heterocycles. The van der Waals surface area contributed by atoms with Crippen LogP contribution < -0.4 is 16.1 Å². The van der Waals surface area contributed by atoms with Crippen molar-refractivity contribution in [3.05, 3.63) is 52.8 Å². The Labute approximate surface area is 158 Å². The maximum absolute atomic E-state index is 13.3. The Morgan fingerprint density at radius 1 is 1.26 bits per heavy atom. The lowest BCUT2D eigenvalue weighted by Gasteiger charge is -2.06. The van der Waals surface area contributed by atoms with Crippen LogP contribution in [0.15, 0.2) is 50.9 Å². The van der Waals surface area contributed by atoms with Crippen LogP contribution in [0.4, 0.5) is 26.5 Å². The Bertz CT molecular complexity index is 982. The number of carbonyl (C=O) groups is 1. The summed E-state index contributed by atoms with van der Waals surface area (Å²) >= 11 is 3.04. The summed E-state index contributed by atoms with van der Waals surface area (Å²) in [6, 6.07) is 4.74. The maximum Gasteiger partial charge on any atom is 0.326 e. The number of urea groups is 1. The van der Waals surface area contributed by atoms with Crippen LogP contribution in [0.3, 0.4) is 0 Å².